The number of rotatable bonds is 1. The Morgan fingerprint density at radius 1 is 1.36 bits per heavy atom. The molecule has 0 radical (unpaired) electrons. The first kappa shape index (κ1) is 9.71. The number of halogens is 1. The summed E-state index contributed by atoms with van der Waals surface area (Å²) in [4.78, 5) is 4.86. The van der Waals surface area contributed by atoms with Crippen molar-refractivity contribution in [3.8, 4) is 0 Å². The van der Waals surface area contributed by atoms with Crippen molar-refractivity contribution in [3.05, 3.63) is 33.8 Å². The van der Waals surface area contributed by atoms with Gasteiger partial charge in [0.15, 0.2) is 0 Å². The average Bonchev–Trinajstić information content (AvgIpc) is 2.19. The summed E-state index contributed by atoms with van der Waals surface area (Å²) < 4.78 is 1.12. The highest BCUT2D eigenvalue weighted by molar-refractivity contribution is 9.10. The Hall–Kier alpha value is -0.830. The molecule has 0 N–H and O–H groups in total. The molecule has 0 saturated carbocycles. The van der Waals surface area contributed by atoms with E-state index >= 15 is 0 Å². The van der Waals surface area contributed by atoms with Crippen molar-refractivity contribution >= 4 is 21.6 Å². The molecule has 0 saturated heterocycles. The summed E-state index contributed by atoms with van der Waals surface area (Å²) in [5.41, 5.74) is 3.64. The van der Waals surface area contributed by atoms with E-state index in [2.05, 4.69) is 39.3 Å². The quantitative estimate of drug-likeness (QED) is 0.705. The van der Waals surface area contributed by atoms with Gasteiger partial charge in [-0.25, -0.2) is 0 Å². The molecular weight excluding hydrogens is 242 g/mol. The number of hydrogen-bond acceptors (Lipinski definition) is 2. The van der Waals surface area contributed by atoms with Gasteiger partial charge in [0.05, 0.1) is 5.71 Å². The van der Waals surface area contributed by atoms with Crippen LogP contribution >= 0.6 is 15.9 Å². The van der Waals surface area contributed by atoms with Crippen LogP contribution < -0.4 is 0 Å². The fourth-order valence-electron chi connectivity index (χ4n) is 1.87. The minimum absolute atomic E-state index is 1.00. The van der Waals surface area contributed by atoms with E-state index in [1.165, 1.54) is 11.1 Å². The van der Waals surface area contributed by atoms with Crippen LogP contribution in [-0.2, 0) is 11.3 Å². The molecule has 0 atom stereocenters. The molecule has 0 spiro atoms. The molecule has 0 amide bonds. The van der Waals surface area contributed by atoms with Gasteiger partial charge < -0.3 is 4.84 Å². The third-order valence-corrected chi connectivity index (χ3v) is 3.11. The van der Waals surface area contributed by atoms with E-state index in [1.54, 1.807) is 7.11 Å². The van der Waals surface area contributed by atoms with Crippen molar-refractivity contribution in [1.82, 2.24) is 0 Å². The molecule has 14 heavy (non-hydrogen) atoms. The SMILES string of the molecule is CO/N=C1/CCCc2cccc(Br)c21. The number of hydrogen-bond donors (Lipinski definition) is 0. The summed E-state index contributed by atoms with van der Waals surface area (Å²) in [5.74, 6) is 0. The Morgan fingerprint density at radius 3 is 3.00 bits per heavy atom. The van der Waals surface area contributed by atoms with E-state index in [0.29, 0.717) is 0 Å². The summed E-state index contributed by atoms with van der Waals surface area (Å²) in [6.45, 7) is 0. The Labute approximate surface area is 92.1 Å². The van der Waals surface area contributed by atoms with Crippen LogP contribution in [0.1, 0.15) is 24.0 Å². The lowest BCUT2D eigenvalue weighted by Gasteiger charge is -2.18. The molecule has 74 valence electrons. The standard InChI is InChI=1S/C11H12BrNO/c1-14-13-10-7-3-5-8-4-2-6-9(12)11(8)10/h2,4,6H,3,5,7H2,1H3/b13-10-. The van der Waals surface area contributed by atoms with E-state index in [0.717, 1.165) is 29.4 Å². The normalized spacial score (nSPS) is 18.0. The van der Waals surface area contributed by atoms with Gasteiger partial charge in [-0.05, 0) is 30.9 Å². The number of aryl methyl sites for hydroxylation is 1. The monoisotopic (exact) mass is 253 g/mol. The van der Waals surface area contributed by atoms with Crippen LogP contribution in [0.4, 0.5) is 0 Å². The molecule has 1 aromatic carbocycles. The van der Waals surface area contributed by atoms with Gasteiger partial charge in [0, 0.05) is 10.0 Å². The van der Waals surface area contributed by atoms with Gasteiger partial charge in [0.2, 0.25) is 0 Å². The number of fused-ring (bicyclic) bond motifs is 1. The second-order valence-corrected chi connectivity index (χ2v) is 4.20. The fourth-order valence-corrected chi connectivity index (χ4v) is 2.51. The first-order valence-corrected chi connectivity index (χ1v) is 5.50. The largest absolute Gasteiger partial charge is 0.399 e. The van der Waals surface area contributed by atoms with Crippen molar-refractivity contribution in [2.45, 2.75) is 19.3 Å². The maximum atomic E-state index is 4.86. The minimum atomic E-state index is 1.00. The highest BCUT2D eigenvalue weighted by Gasteiger charge is 2.18. The van der Waals surface area contributed by atoms with Gasteiger partial charge in [-0.1, -0.05) is 33.2 Å². The summed E-state index contributed by atoms with van der Waals surface area (Å²) in [7, 11) is 1.60. The maximum Gasteiger partial charge on any atom is 0.106 e. The Bertz CT molecular complexity index is 374. The molecule has 2 nitrogen and oxygen atoms in total. The molecule has 1 aromatic rings. The molecule has 0 aliphatic heterocycles. The van der Waals surface area contributed by atoms with Crippen molar-refractivity contribution in [3.63, 3.8) is 0 Å². The lowest BCUT2D eigenvalue weighted by Crippen LogP contribution is -2.12. The number of nitrogens with zero attached hydrogens (tertiary/aromatic N) is 1. The zero-order valence-corrected chi connectivity index (χ0v) is 9.67. The van der Waals surface area contributed by atoms with Gasteiger partial charge in [0.1, 0.15) is 7.11 Å². The first-order valence-electron chi connectivity index (χ1n) is 4.70. The minimum Gasteiger partial charge on any atom is -0.399 e. The maximum absolute atomic E-state index is 4.86. The summed E-state index contributed by atoms with van der Waals surface area (Å²) in [6.07, 6.45) is 3.30. The van der Waals surface area contributed by atoms with Crippen molar-refractivity contribution in [2.24, 2.45) is 5.16 Å². The van der Waals surface area contributed by atoms with Gasteiger partial charge in [-0.3, -0.25) is 0 Å². The van der Waals surface area contributed by atoms with E-state index < -0.39 is 0 Å². The van der Waals surface area contributed by atoms with Crippen molar-refractivity contribution < 1.29 is 4.84 Å². The van der Waals surface area contributed by atoms with Gasteiger partial charge in [0.25, 0.3) is 0 Å². The molecule has 0 aromatic heterocycles. The third-order valence-electron chi connectivity index (χ3n) is 2.45. The van der Waals surface area contributed by atoms with Crippen LogP contribution in [0.15, 0.2) is 27.8 Å². The first-order chi connectivity index (χ1) is 6.83. The average molecular weight is 254 g/mol. The second kappa shape index (κ2) is 4.13. The van der Waals surface area contributed by atoms with Crippen LogP contribution in [0.5, 0.6) is 0 Å². The van der Waals surface area contributed by atoms with Crippen LogP contribution in [-0.4, -0.2) is 12.8 Å². The molecule has 0 unspecified atom stereocenters. The Morgan fingerprint density at radius 2 is 2.21 bits per heavy atom. The third kappa shape index (κ3) is 1.69. The predicted octanol–water partition coefficient (Wildman–Crippen LogP) is 3.14. The molecule has 3 heteroatoms. The molecule has 0 bridgehead atoms. The lowest BCUT2D eigenvalue weighted by molar-refractivity contribution is 0.212. The van der Waals surface area contributed by atoms with E-state index in [1.807, 2.05) is 0 Å². The van der Waals surface area contributed by atoms with Crippen LogP contribution in [0.2, 0.25) is 0 Å². The summed E-state index contributed by atoms with van der Waals surface area (Å²) >= 11 is 3.56. The smallest absolute Gasteiger partial charge is 0.106 e. The van der Waals surface area contributed by atoms with E-state index in [-0.39, 0.29) is 0 Å². The van der Waals surface area contributed by atoms with E-state index in [4.69, 9.17) is 4.84 Å². The Kier molecular flexibility index (Phi) is 2.87. The molecule has 0 fully saturated rings. The van der Waals surface area contributed by atoms with E-state index in [9.17, 15) is 0 Å². The van der Waals surface area contributed by atoms with Crippen LogP contribution in [0.25, 0.3) is 0 Å². The zero-order chi connectivity index (χ0) is 9.97. The number of oxime groups is 1. The van der Waals surface area contributed by atoms with Gasteiger partial charge in [-0.2, -0.15) is 0 Å². The zero-order valence-electron chi connectivity index (χ0n) is 8.09. The second-order valence-electron chi connectivity index (χ2n) is 3.35. The van der Waals surface area contributed by atoms with Crippen molar-refractivity contribution in [2.75, 3.05) is 7.11 Å². The molecule has 1 aliphatic rings. The highest BCUT2D eigenvalue weighted by Crippen LogP contribution is 2.28. The summed E-state index contributed by atoms with van der Waals surface area (Å²) in [5, 5.41) is 4.07. The Balaban J connectivity index is 2.52. The molecule has 1 aliphatic carbocycles. The van der Waals surface area contributed by atoms with Crippen LogP contribution in [0.3, 0.4) is 0 Å². The highest BCUT2D eigenvalue weighted by atomic mass is 79.9. The van der Waals surface area contributed by atoms with Gasteiger partial charge >= 0.3 is 0 Å². The molecular formula is C11H12BrNO. The molecule has 0 heterocycles. The van der Waals surface area contributed by atoms with Crippen LogP contribution in [0, 0.1) is 0 Å². The lowest BCUT2D eigenvalue weighted by atomic mass is 9.90. The summed E-state index contributed by atoms with van der Waals surface area (Å²) in [6, 6.07) is 6.28. The van der Waals surface area contributed by atoms with Gasteiger partial charge in [-0.15, -0.1) is 0 Å². The number of benzene rings is 1. The molecule has 2 rings (SSSR count). The topological polar surface area (TPSA) is 21.6 Å². The fraction of sp³-hybridized carbons (Fsp3) is 0.364. The predicted molar refractivity (Wildman–Crippen MR) is 60.6 cm³/mol. The van der Waals surface area contributed by atoms with Crippen molar-refractivity contribution in [1.29, 1.82) is 0 Å².